The van der Waals surface area contributed by atoms with Crippen molar-refractivity contribution in [2.45, 2.75) is 32.5 Å². The van der Waals surface area contributed by atoms with E-state index in [-0.39, 0.29) is 17.5 Å². The summed E-state index contributed by atoms with van der Waals surface area (Å²) in [6, 6.07) is 8.31. The van der Waals surface area contributed by atoms with Crippen LogP contribution in [0.3, 0.4) is 0 Å². The van der Waals surface area contributed by atoms with E-state index in [1.165, 1.54) is 5.56 Å². The number of sulfone groups is 1. The van der Waals surface area contributed by atoms with Gasteiger partial charge in [0.05, 0.1) is 12.4 Å². The third-order valence-electron chi connectivity index (χ3n) is 5.11. The van der Waals surface area contributed by atoms with Gasteiger partial charge in [-0.05, 0) is 24.2 Å². The molecule has 2 atom stereocenters. The Morgan fingerprint density at radius 1 is 1.37 bits per heavy atom. The van der Waals surface area contributed by atoms with Gasteiger partial charge in [0.15, 0.2) is 22.3 Å². The molecule has 1 aliphatic heterocycles. The molecule has 1 saturated heterocycles. The Bertz CT molecular complexity index is 919. The lowest BCUT2D eigenvalue weighted by molar-refractivity contribution is -0.945. The number of quaternary nitrogens is 1. The van der Waals surface area contributed by atoms with Crippen LogP contribution in [0, 0.1) is 4.77 Å². The summed E-state index contributed by atoms with van der Waals surface area (Å²) in [5.74, 6) is 1.21. The van der Waals surface area contributed by atoms with Crippen molar-refractivity contribution in [3.63, 3.8) is 0 Å². The number of methoxy groups -OCH3 is 1. The maximum atomic E-state index is 11.9. The number of nitrogens with zero attached hydrogens (tertiary/aromatic N) is 2. The second-order valence-corrected chi connectivity index (χ2v) is 9.59. The first-order valence-electron chi connectivity index (χ1n) is 9.22. The number of hydrogen-bond acceptors (Lipinski definition) is 5. The maximum Gasteiger partial charge on any atom is 0.221 e. The molecule has 0 amide bonds. The normalized spacial score (nSPS) is 20.0. The van der Waals surface area contributed by atoms with E-state index in [2.05, 4.69) is 29.1 Å². The van der Waals surface area contributed by atoms with Crippen molar-refractivity contribution in [2.75, 3.05) is 31.8 Å². The number of H-pyrrole nitrogens is 1. The molecule has 148 valence electrons. The highest BCUT2D eigenvalue weighted by atomic mass is 32.2. The summed E-state index contributed by atoms with van der Waals surface area (Å²) < 4.78 is 31.3. The molecule has 9 heteroatoms. The minimum Gasteiger partial charge on any atom is -0.379 e. The van der Waals surface area contributed by atoms with Crippen LogP contribution in [-0.2, 0) is 27.7 Å². The van der Waals surface area contributed by atoms with Crippen LogP contribution in [0.2, 0.25) is 0 Å². The van der Waals surface area contributed by atoms with Gasteiger partial charge in [0.1, 0.15) is 18.3 Å². The molecule has 1 aromatic heterocycles. The van der Waals surface area contributed by atoms with Crippen LogP contribution in [0.25, 0.3) is 11.4 Å². The van der Waals surface area contributed by atoms with Crippen molar-refractivity contribution in [3.8, 4) is 11.4 Å². The Kier molecular flexibility index (Phi) is 6.46. The number of hydrogen-bond donors (Lipinski definition) is 2. The van der Waals surface area contributed by atoms with Crippen molar-refractivity contribution in [1.82, 2.24) is 14.8 Å². The molecule has 1 fully saturated rings. The number of rotatable bonds is 8. The van der Waals surface area contributed by atoms with Crippen molar-refractivity contribution in [3.05, 3.63) is 34.6 Å². The van der Waals surface area contributed by atoms with Gasteiger partial charge in [0.2, 0.25) is 4.77 Å². The van der Waals surface area contributed by atoms with Crippen LogP contribution in [-0.4, -0.2) is 61.0 Å². The third-order valence-corrected chi connectivity index (χ3v) is 7.19. The molecule has 3 rings (SSSR count). The average molecular weight is 412 g/mol. The zero-order valence-corrected chi connectivity index (χ0v) is 17.4. The van der Waals surface area contributed by atoms with E-state index >= 15 is 0 Å². The van der Waals surface area contributed by atoms with Crippen LogP contribution in [0.1, 0.15) is 18.9 Å². The number of aryl methyl sites for hydroxylation is 1. The smallest absolute Gasteiger partial charge is 0.221 e. The van der Waals surface area contributed by atoms with Crippen LogP contribution < -0.4 is 4.90 Å². The second kappa shape index (κ2) is 8.64. The van der Waals surface area contributed by atoms with Crippen LogP contribution in [0.5, 0.6) is 0 Å². The largest absolute Gasteiger partial charge is 0.379 e. The van der Waals surface area contributed by atoms with E-state index in [1.807, 2.05) is 16.8 Å². The van der Waals surface area contributed by atoms with Gasteiger partial charge in [-0.2, -0.15) is 4.98 Å². The van der Waals surface area contributed by atoms with Crippen molar-refractivity contribution >= 4 is 22.1 Å². The molecule has 2 heterocycles. The summed E-state index contributed by atoms with van der Waals surface area (Å²) in [4.78, 5) is 5.63. The van der Waals surface area contributed by atoms with E-state index in [0.29, 0.717) is 24.5 Å². The van der Waals surface area contributed by atoms with E-state index in [9.17, 15) is 8.42 Å². The average Bonchev–Trinajstić information content (AvgIpc) is 3.20. The molecular weight excluding hydrogens is 384 g/mol. The summed E-state index contributed by atoms with van der Waals surface area (Å²) in [5.41, 5.74) is 2.26. The molecule has 0 saturated carbocycles. The summed E-state index contributed by atoms with van der Waals surface area (Å²) in [6.45, 7) is 3.96. The molecule has 0 aliphatic carbocycles. The van der Waals surface area contributed by atoms with Gasteiger partial charge in [-0.3, -0.25) is 5.10 Å². The van der Waals surface area contributed by atoms with Gasteiger partial charge in [0, 0.05) is 19.1 Å². The first kappa shape index (κ1) is 20.2. The lowest BCUT2D eigenvalue weighted by atomic mass is 10.1. The van der Waals surface area contributed by atoms with Gasteiger partial charge in [-0.25, -0.2) is 13.1 Å². The van der Waals surface area contributed by atoms with Crippen LogP contribution in [0.4, 0.5) is 0 Å². The maximum absolute atomic E-state index is 11.9. The Hall–Kier alpha value is -1.55. The first-order valence-corrected chi connectivity index (χ1v) is 11.4. The highest BCUT2D eigenvalue weighted by Gasteiger charge is 2.35. The molecule has 2 aromatic rings. The predicted octanol–water partition coefficient (Wildman–Crippen LogP) is 0.846. The van der Waals surface area contributed by atoms with Gasteiger partial charge in [0.25, 0.3) is 0 Å². The van der Waals surface area contributed by atoms with Gasteiger partial charge in [-0.15, -0.1) is 0 Å². The van der Waals surface area contributed by atoms with Crippen molar-refractivity contribution < 1.29 is 18.1 Å². The molecule has 1 unspecified atom stereocenters. The Morgan fingerprint density at radius 2 is 2.11 bits per heavy atom. The minimum atomic E-state index is -2.94. The SMILES string of the molecule is CCc1ccc(-c2nc(=S)n(C[NH+](CCOC)[C@@H]3CCS(=O)(=O)C3)[nH]2)cc1. The molecule has 1 aromatic carbocycles. The molecule has 0 bridgehead atoms. The van der Waals surface area contributed by atoms with Crippen LogP contribution >= 0.6 is 12.2 Å². The van der Waals surface area contributed by atoms with Crippen LogP contribution in [0.15, 0.2) is 24.3 Å². The highest BCUT2D eigenvalue weighted by Crippen LogP contribution is 2.16. The molecule has 27 heavy (non-hydrogen) atoms. The fraction of sp³-hybridized carbons (Fsp3) is 0.556. The summed E-state index contributed by atoms with van der Waals surface area (Å²) in [7, 11) is -1.28. The second-order valence-electron chi connectivity index (χ2n) is 6.99. The highest BCUT2D eigenvalue weighted by molar-refractivity contribution is 7.91. The van der Waals surface area contributed by atoms with Gasteiger partial charge in [-0.1, -0.05) is 31.2 Å². The Balaban J connectivity index is 1.79. The molecule has 0 radical (unpaired) electrons. The van der Waals surface area contributed by atoms with Crippen molar-refractivity contribution in [1.29, 1.82) is 0 Å². The Morgan fingerprint density at radius 3 is 2.70 bits per heavy atom. The fourth-order valence-electron chi connectivity index (χ4n) is 3.46. The van der Waals surface area contributed by atoms with E-state index < -0.39 is 9.84 Å². The van der Waals surface area contributed by atoms with E-state index in [0.717, 1.165) is 29.3 Å². The summed E-state index contributed by atoms with van der Waals surface area (Å²) in [5, 5.41) is 3.28. The monoisotopic (exact) mass is 411 g/mol. The zero-order chi connectivity index (χ0) is 19.4. The third kappa shape index (κ3) is 5.04. The first-order chi connectivity index (χ1) is 12.9. The fourth-order valence-corrected chi connectivity index (χ4v) is 5.48. The lowest BCUT2D eigenvalue weighted by Gasteiger charge is -2.24. The molecule has 7 nitrogen and oxygen atoms in total. The number of benzene rings is 1. The summed E-state index contributed by atoms with van der Waals surface area (Å²) >= 11 is 5.43. The number of nitrogens with one attached hydrogen (secondary N) is 2. The Labute approximate surface area is 165 Å². The van der Waals surface area contributed by atoms with E-state index in [4.69, 9.17) is 17.0 Å². The quantitative estimate of drug-likeness (QED) is 0.630. The zero-order valence-electron chi connectivity index (χ0n) is 15.8. The lowest BCUT2D eigenvalue weighted by Crippen LogP contribution is -3.16. The summed E-state index contributed by atoms with van der Waals surface area (Å²) in [6.07, 6.45) is 1.67. The molecule has 1 aliphatic rings. The number of ether oxygens (including phenoxy) is 1. The number of aromatic nitrogens is 3. The van der Waals surface area contributed by atoms with Gasteiger partial charge < -0.3 is 9.64 Å². The molecular formula is C18H27N4O3S2+. The van der Waals surface area contributed by atoms with Gasteiger partial charge >= 0.3 is 0 Å². The van der Waals surface area contributed by atoms with Crippen molar-refractivity contribution in [2.24, 2.45) is 0 Å². The molecule has 2 N–H and O–H groups in total. The minimum absolute atomic E-state index is 0.0580. The van der Waals surface area contributed by atoms with E-state index in [1.54, 1.807) is 7.11 Å². The number of aromatic amines is 1. The standard InChI is InChI=1S/C18H26N4O3S2/c1-3-14-4-6-15(7-5-14)17-19-18(26)22(20-17)13-21(9-10-25-2)16-8-11-27(23,24)12-16/h4-7,16H,3,8-13H2,1-2H3,(H,19,20,26)/p+1/t16-/m1/s1. The molecule has 0 spiro atoms. The topological polar surface area (TPSA) is 81.4 Å². The predicted molar refractivity (Wildman–Crippen MR) is 107 cm³/mol.